The van der Waals surface area contributed by atoms with E-state index in [1.807, 2.05) is 11.8 Å². The number of rotatable bonds is 5. The van der Waals surface area contributed by atoms with Crippen molar-refractivity contribution in [2.24, 2.45) is 11.1 Å². The molecule has 1 heterocycles. The van der Waals surface area contributed by atoms with E-state index in [0.717, 1.165) is 32.4 Å². The highest BCUT2D eigenvalue weighted by atomic mass is 16.2. The Bertz CT molecular complexity index is 284. The molecular weight excluding hydrogens is 224 g/mol. The first kappa shape index (κ1) is 15.5. The van der Waals surface area contributed by atoms with Gasteiger partial charge in [-0.05, 0) is 38.0 Å². The van der Waals surface area contributed by atoms with E-state index in [0.29, 0.717) is 5.41 Å². The SMILES string of the molecule is CCCC1(C)CCCN(C(=O)C(C)(N)CCC)C1. The molecule has 2 atom stereocenters. The number of carbonyl (C=O) groups is 1. The number of amides is 1. The van der Waals surface area contributed by atoms with Crippen LogP contribution in [0, 0.1) is 5.41 Å². The van der Waals surface area contributed by atoms with Crippen molar-refractivity contribution < 1.29 is 4.79 Å². The predicted molar refractivity (Wildman–Crippen MR) is 76.3 cm³/mol. The van der Waals surface area contributed by atoms with Crippen LogP contribution in [-0.4, -0.2) is 29.4 Å². The quantitative estimate of drug-likeness (QED) is 0.820. The lowest BCUT2D eigenvalue weighted by molar-refractivity contribution is -0.140. The van der Waals surface area contributed by atoms with Crippen molar-refractivity contribution in [3.05, 3.63) is 0 Å². The minimum Gasteiger partial charge on any atom is -0.341 e. The first-order valence-corrected chi connectivity index (χ1v) is 7.43. The number of nitrogens with two attached hydrogens (primary N) is 1. The molecule has 0 saturated carbocycles. The monoisotopic (exact) mass is 254 g/mol. The van der Waals surface area contributed by atoms with Gasteiger partial charge in [-0.3, -0.25) is 4.79 Å². The molecule has 1 fully saturated rings. The molecule has 0 aromatic rings. The number of hydrogen-bond donors (Lipinski definition) is 1. The first-order valence-electron chi connectivity index (χ1n) is 7.43. The lowest BCUT2D eigenvalue weighted by Gasteiger charge is -2.43. The van der Waals surface area contributed by atoms with Gasteiger partial charge in [0.25, 0.3) is 0 Å². The molecule has 1 saturated heterocycles. The summed E-state index contributed by atoms with van der Waals surface area (Å²) in [4.78, 5) is 14.5. The summed E-state index contributed by atoms with van der Waals surface area (Å²) in [6, 6.07) is 0. The molecular formula is C15H30N2O. The zero-order chi connectivity index (χ0) is 13.8. The molecule has 18 heavy (non-hydrogen) atoms. The van der Waals surface area contributed by atoms with Gasteiger partial charge in [-0.2, -0.15) is 0 Å². The summed E-state index contributed by atoms with van der Waals surface area (Å²) in [5.74, 6) is 0.145. The highest BCUT2D eigenvalue weighted by Crippen LogP contribution is 2.34. The van der Waals surface area contributed by atoms with Gasteiger partial charge in [0, 0.05) is 13.1 Å². The van der Waals surface area contributed by atoms with Crippen LogP contribution in [0.25, 0.3) is 0 Å². The summed E-state index contributed by atoms with van der Waals surface area (Å²) >= 11 is 0. The summed E-state index contributed by atoms with van der Waals surface area (Å²) in [7, 11) is 0. The molecule has 0 aromatic carbocycles. The fourth-order valence-electron chi connectivity index (χ4n) is 3.28. The highest BCUT2D eigenvalue weighted by Gasteiger charge is 2.37. The third-order valence-electron chi connectivity index (χ3n) is 4.18. The summed E-state index contributed by atoms with van der Waals surface area (Å²) in [5.41, 5.74) is 5.79. The van der Waals surface area contributed by atoms with Crippen LogP contribution in [0.1, 0.15) is 66.2 Å². The summed E-state index contributed by atoms with van der Waals surface area (Å²) in [6.07, 6.45) is 6.47. The van der Waals surface area contributed by atoms with E-state index in [1.54, 1.807) is 0 Å². The number of piperidine rings is 1. The minimum absolute atomic E-state index is 0.145. The maximum Gasteiger partial charge on any atom is 0.242 e. The molecule has 2 N–H and O–H groups in total. The van der Waals surface area contributed by atoms with Gasteiger partial charge in [0.15, 0.2) is 0 Å². The number of hydrogen-bond acceptors (Lipinski definition) is 2. The predicted octanol–water partition coefficient (Wildman–Crippen LogP) is 2.93. The number of carbonyl (C=O) groups excluding carboxylic acids is 1. The zero-order valence-corrected chi connectivity index (χ0v) is 12.6. The van der Waals surface area contributed by atoms with Crippen LogP contribution in [0.15, 0.2) is 0 Å². The van der Waals surface area contributed by atoms with E-state index in [2.05, 4.69) is 20.8 Å². The van der Waals surface area contributed by atoms with Gasteiger partial charge in [0.05, 0.1) is 5.54 Å². The normalized spacial score (nSPS) is 27.9. The third kappa shape index (κ3) is 3.71. The highest BCUT2D eigenvalue weighted by molar-refractivity contribution is 5.85. The van der Waals surface area contributed by atoms with E-state index in [4.69, 9.17) is 5.73 Å². The van der Waals surface area contributed by atoms with Crippen LogP contribution in [0.4, 0.5) is 0 Å². The molecule has 0 bridgehead atoms. The van der Waals surface area contributed by atoms with Gasteiger partial charge in [-0.25, -0.2) is 0 Å². The fraction of sp³-hybridized carbons (Fsp3) is 0.933. The Morgan fingerprint density at radius 2 is 2.06 bits per heavy atom. The minimum atomic E-state index is -0.681. The van der Waals surface area contributed by atoms with Crippen LogP contribution >= 0.6 is 0 Å². The third-order valence-corrected chi connectivity index (χ3v) is 4.18. The van der Waals surface area contributed by atoms with Crippen molar-refractivity contribution in [3.63, 3.8) is 0 Å². The van der Waals surface area contributed by atoms with E-state index in [1.165, 1.54) is 19.3 Å². The van der Waals surface area contributed by atoms with Crippen molar-refractivity contribution in [2.45, 2.75) is 71.8 Å². The van der Waals surface area contributed by atoms with Gasteiger partial charge in [0.1, 0.15) is 0 Å². The van der Waals surface area contributed by atoms with Crippen molar-refractivity contribution in [2.75, 3.05) is 13.1 Å². The molecule has 0 spiro atoms. The Kier molecular flexibility index (Phi) is 5.20. The lowest BCUT2D eigenvalue weighted by atomic mass is 9.77. The molecule has 0 aromatic heterocycles. The van der Waals surface area contributed by atoms with E-state index >= 15 is 0 Å². The molecule has 1 amide bonds. The fourth-order valence-corrected chi connectivity index (χ4v) is 3.28. The second-order valence-electron chi connectivity index (χ2n) is 6.56. The van der Waals surface area contributed by atoms with Gasteiger partial charge in [-0.15, -0.1) is 0 Å². The summed E-state index contributed by atoms with van der Waals surface area (Å²) < 4.78 is 0. The molecule has 0 radical (unpaired) electrons. The number of nitrogens with zero attached hydrogens (tertiary/aromatic N) is 1. The van der Waals surface area contributed by atoms with Crippen molar-refractivity contribution in [1.82, 2.24) is 4.90 Å². The van der Waals surface area contributed by atoms with E-state index in [9.17, 15) is 4.79 Å². The van der Waals surface area contributed by atoms with Gasteiger partial charge >= 0.3 is 0 Å². The summed E-state index contributed by atoms with van der Waals surface area (Å²) in [6.45, 7) is 10.3. The lowest BCUT2D eigenvalue weighted by Crippen LogP contribution is -2.56. The second kappa shape index (κ2) is 6.05. The zero-order valence-electron chi connectivity index (χ0n) is 12.6. The molecule has 1 aliphatic heterocycles. The van der Waals surface area contributed by atoms with Gasteiger partial charge in [-0.1, -0.05) is 33.6 Å². The number of likely N-dealkylation sites (tertiary alicyclic amines) is 1. The summed E-state index contributed by atoms with van der Waals surface area (Å²) in [5, 5.41) is 0. The largest absolute Gasteiger partial charge is 0.341 e. The van der Waals surface area contributed by atoms with Crippen LogP contribution in [0.2, 0.25) is 0 Å². The first-order chi connectivity index (χ1) is 8.34. The maximum absolute atomic E-state index is 12.5. The Morgan fingerprint density at radius 3 is 2.61 bits per heavy atom. The molecule has 1 rings (SSSR count). The Morgan fingerprint density at radius 1 is 1.39 bits per heavy atom. The molecule has 1 aliphatic rings. The molecule has 106 valence electrons. The molecule has 3 heteroatoms. The molecule has 3 nitrogen and oxygen atoms in total. The van der Waals surface area contributed by atoms with E-state index in [-0.39, 0.29) is 5.91 Å². The van der Waals surface area contributed by atoms with Crippen LogP contribution < -0.4 is 5.73 Å². The molecule has 0 aliphatic carbocycles. The molecule has 2 unspecified atom stereocenters. The van der Waals surface area contributed by atoms with E-state index < -0.39 is 5.54 Å². The average molecular weight is 254 g/mol. The second-order valence-corrected chi connectivity index (χ2v) is 6.56. The Balaban J connectivity index is 2.69. The smallest absolute Gasteiger partial charge is 0.242 e. The topological polar surface area (TPSA) is 46.3 Å². The maximum atomic E-state index is 12.5. The Labute approximate surface area is 112 Å². The van der Waals surface area contributed by atoms with Crippen molar-refractivity contribution >= 4 is 5.91 Å². The van der Waals surface area contributed by atoms with Gasteiger partial charge in [0.2, 0.25) is 5.91 Å². The van der Waals surface area contributed by atoms with Gasteiger partial charge < -0.3 is 10.6 Å². The van der Waals surface area contributed by atoms with Crippen LogP contribution in [0.5, 0.6) is 0 Å². The Hall–Kier alpha value is -0.570. The van der Waals surface area contributed by atoms with Crippen LogP contribution in [0.3, 0.4) is 0 Å². The van der Waals surface area contributed by atoms with Crippen molar-refractivity contribution in [3.8, 4) is 0 Å². The van der Waals surface area contributed by atoms with Crippen LogP contribution in [-0.2, 0) is 4.79 Å². The average Bonchev–Trinajstić information content (AvgIpc) is 2.28. The standard InChI is InChI=1S/C15H30N2O/c1-5-8-14(3)10-7-11-17(12-14)13(18)15(4,16)9-6-2/h5-12,16H2,1-4H3. The van der Waals surface area contributed by atoms with Crippen molar-refractivity contribution in [1.29, 1.82) is 0 Å².